The molecule has 2 fully saturated rings. The number of ketones is 1. The summed E-state index contributed by atoms with van der Waals surface area (Å²) in [5.74, 6) is 1.22. The number of hydrogen-bond acceptors (Lipinski definition) is 2. The Hall–Kier alpha value is -0.370. The third-order valence-electron chi connectivity index (χ3n) is 2.89. The van der Waals surface area contributed by atoms with Crippen LogP contribution in [0.25, 0.3) is 0 Å². The number of nitrogens with one attached hydrogen (secondary N) is 1. The Morgan fingerprint density at radius 1 is 1.25 bits per heavy atom. The van der Waals surface area contributed by atoms with Gasteiger partial charge in [0.25, 0.3) is 0 Å². The molecule has 0 aromatic rings. The van der Waals surface area contributed by atoms with Crippen LogP contribution in [0.5, 0.6) is 0 Å². The number of carbonyl (C=O) groups is 1. The van der Waals surface area contributed by atoms with Gasteiger partial charge in [0.05, 0.1) is 6.04 Å². The summed E-state index contributed by atoms with van der Waals surface area (Å²) in [5.41, 5.74) is 0. The third kappa shape index (κ3) is 2.07. The summed E-state index contributed by atoms with van der Waals surface area (Å²) < 4.78 is 0. The van der Waals surface area contributed by atoms with Crippen molar-refractivity contribution in [3.63, 3.8) is 0 Å². The third-order valence-corrected chi connectivity index (χ3v) is 2.89. The quantitative estimate of drug-likeness (QED) is 0.690. The number of Topliss-reactive ketones (excluding diaryl/α,β-unsaturated/α-hetero) is 1. The van der Waals surface area contributed by atoms with Crippen molar-refractivity contribution in [1.82, 2.24) is 5.32 Å². The van der Waals surface area contributed by atoms with E-state index in [2.05, 4.69) is 5.32 Å². The van der Waals surface area contributed by atoms with E-state index in [0.29, 0.717) is 5.78 Å². The van der Waals surface area contributed by atoms with E-state index in [1.807, 2.05) is 0 Å². The van der Waals surface area contributed by atoms with Crippen molar-refractivity contribution in [2.45, 2.75) is 44.6 Å². The number of carbonyl (C=O) groups excluding carboxylic acids is 1. The molecule has 1 saturated carbocycles. The van der Waals surface area contributed by atoms with Gasteiger partial charge in [0.2, 0.25) is 0 Å². The lowest BCUT2D eigenvalue weighted by atomic mass is 9.98. The van der Waals surface area contributed by atoms with Crippen LogP contribution in [0.3, 0.4) is 0 Å². The smallest absolute Gasteiger partial charge is 0.150 e. The highest BCUT2D eigenvalue weighted by molar-refractivity contribution is 5.84. The van der Waals surface area contributed by atoms with Crippen molar-refractivity contribution < 1.29 is 4.79 Å². The van der Waals surface area contributed by atoms with Crippen LogP contribution >= 0.6 is 0 Å². The SMILES string of the molecule is O=C(CC1CC1)[C@H]1CCCCN1. The molecule has 0 aromatic carbocycles. The Labute approximate surface area is 73.7 Å². The van der Waals surface area contributed by atoms with E-state index in [0.717, 1.165) is 25.3 Å². The van der Waals surface area contributed by atoms with Crippen molar-refractivity contribution in [3.8, 4) is 0 Å². The second-order valence-electron chi connectivity index (χ2n) is 4.12. The Morgan fingerprint density at radius 2 is 2.08 bits per heavy atom. The van der Waals surface area contributed by atoms with E-state index in [-0.39, 0.29) is 6.04 Å². The fourth-order valence-electron chi connectivity index (χ4n) is 1.88. The van der Waals surface area contributed by atoms with Gasteiger partial charge in [-0.3, -0.25) is 4.79 Å². The second kappa shape index (κ2) is 3.56. The average Bonchev–Trinajstić information content (AvgIpc) is 2.90. The van der Waals surface area contributed by atoms with Crippen LogP contribution in [0.2, 0.25) is 0 Å². The van der Waals surface area contributed by atoms with Gasteiger partial charge in [-0.15, -0.1) is 0 Å². The van der Waals surface area contributed by atoms with E-state index in [1.54, 1.807) is 0 Å². The summed E-state index contributed by atoms with van der Waals surface area (Å²) in [4.78, 5) is 11.6. The average molecular weight is 167 g/mol. The van der Waals surface area contributed by atoms with Crippen LogP contribution in [-0.4, -0.2) is 18.4 Å². The maximum absolute atomic E-state index is 11.6. The van der Waals surface area contributed by atoms with Crippen LogP contribution in [0, 0.1) is 5.92 Å². The van der Waals surface area contributed by atoms with Crippen LogP contribution < -0.4 is 5.32 Å². The summed E-state index contributed by atoms with van der Waals surface area (Å²) in [7, 11) is 0. The molecule has 68 valence electrons. The standard InChI is InChI=1S/C10H17NO/c12-10(7-8-4-5-8)9-3-1-2-6-11-9/h8-9,11H,1-7H2/t9-/m1/s1. The number of rotatable bonds is 3. The van der Waals surface area contributed by atoms with Crippen LogP contribution in [0.15, 0.2) is 0 Å². The lowest BCUT2D eigenvalue weighted by Crippen LogP contribution is -2.40. The number of hydrogen-bond donors (Lipinski definition) is 1. The second-order valence-corrected chi connectivity index (χ2v) is 4.12. The van der Waals surface area contributed by atoms with E-state index in [4.69, 9.17) is 0 Å². The molecule has 0 unspecified atom stereocenters. The van der Waals surface area contributed by atoms with Gasteiger partial charge < -0.3 is 5.32 Å². The van der Waals surface area contributed by atoms with Crippen molar-refractivity contribution >= 4 is 5.78 Å². The highest BCUT2D eigenvalue weighted by Crippen LogP contribution is 2.33. The van der Waals surface area contributed by atoms with Gasteiger partial charge in [0.15, 0.2) is 0 Å². The maximum atomic E-state index is 11.6. The highest BCUT2D eigenvalue weighted by Gasteiger charge is 2.28. The van der Waals surface area contributed by atoms with Crippen molar-refractivity contribution in [2.24, 2.45) is 5.92 Å². The van der Waals surface area contributed by atoms with E-state index >= 15 is 0 Å². The molecule has 0 bridgehead atoms. The molecule has 1 heterocycles. The van der Waals surface area contributed by atoms with Gasteiger partial charge in [-0.1, -0.05) is 6.42 Å². The minimum absolute atomic E-state index is 0.208. The zero-order chi connectivity index (χ0) is 8.39. The molecule has 2 rings (SSSR count). The first-order valence-electron chi connectivity index (χ1n) is 5.12. The zero-order valence-electron chi connectivity index (χ0n) is 7.51. The molecular weight excluding hydrogens is 150 g/mol. The van der Waals surface area contributed by atoms with Crippen molar-refractivity contribution in [2.75, 3.05) is 6.54 Å². The van der Waals surface area contributed by atoms with E-state index < -0.39 is 0 Å². The van der Waals surface area contributed by atoms with Crippen LogP contribution in [-0.2, 0) is 4.79 Å². The fourth-order valence-corrected chi connectivity index (χ4v) is 1.88. The van der Waals surface area contributed by atoms with Gasteiger partial charge >= 0.3 is 0 Å². The maximum Gasteiger partial charge on any atom is 0.150 e. The predicted octanol–water partition coefficient (Wildman–Crippen LogP) is 1.50. The molecule has 1 aliphatic heterocycles. The largest absolute Gasteiger partial charge is 0.307 e. The Bertz CT molecular complexity index is 169. The predicted molar refractivity (Wildman–Crippen MR) is 48.0 cm³/mol. The summed E-state index contributed by atoms with van der Waals surface area (Å²) in [6, 6.07) is 0.208. The Balaban J connectivity index is 1.76. The van der Waals surface area contributed by atoms with E-state index in [1.165, 1.54) is 25.7 Å². The molecule has 0 aromatic heterocycles. The monoisotopic (exact) mass is 167 g/mol. The fraction of sp³-hybridized carbons (Fsp3) is 0.900. The Kier molecular flexibility index (Phi) is 2.45. The van der Waals surface area contributed by atoms with Gasteiger partial charge in [-0.05, 0) is 38.1 Å². The lowest BCUT2D eigenvalue weighted by molar-refractivity contribution is -0.121. The summed E-state index contributed by atoms with van der Waals surface area (Å²) in [6.07, 6.45) is 6.97. The highest BCUT2D eigenvalue weighted by atomic mass is 16.1. The van der Waals surface area contributed by atoms with Crippen molar-refractivity contribution in [3.05, 3.63) is 0 Å². The molecule has 12 heavy (non-hydrogen) atoms. The lowest BCUT2D eigenvalue weighted by Gasteiger charge is -2.21. The van der Waals surface area contributed by atoms with E-state index in [9.17, 15) is 4.79 Å². The van der Waals surface area contributed by atoms with Gasteiger partial charge in [-0.2, -0.15) is 0 Å². The molecule has 0 radical (unpaired) electrons. The molecule has 1 N–H and O–H groups in total. The Morgan fingerprint density at radius 3 is 2.67 bits per heavy atom. The van der Waals surface area contributed by atoms with Gasteiger partial charge in [0.1, 0.15) is 5.78 Å². The molecule has 0 spiro atoms. The molecule has 2 nitrogen and oxygen atoms in total. The molecule has 2 heteroatoms. The van der Waals surface area contributed by atoms with Crippen LogP contribution in [0.4, 0.5) is 0 Å². The first-order valence-corrected chi connectivity index (χ1v) is 5.12. The topological polar surface area (TPSA) is 29.1 Å². The summed E-state index contributed by atoms with van der Waals surface area (Å²) in [6.45, 7) is 1.04. The zero-order valence-corrected chi connectivity index (χ0v) is 7.51. The molecule has 1 saturated heterocycles. The molecule has 1 atom stereocenters. The van der Waals surface area contributed by atoms with Gasteiger partial charge in [0, 0.05) is 6.42 Å². The molecular formula is C10H17NO. The first kappa shape index (κ1) is 8.24. The van der Waals surface area contributed by atoms with Crippen LogP contribution in [0.1, 0.15) is 38.5 Å². The number of piperidine rings is 1. The molecule has 0 amide bonds. The summed E-state index contributed by atoms with van der Waals surface area (Å²) >= 11 is 0. The van der Waals surface area contributed by atoms with Gasteiger partial charge in [-0.25, -0.2) is 0 Å². The minimum atomic E-state index is 0.208. The molecule has 1 aliphatic carbocycles. The summed E-state index contributed by atoms with van der Waals surface area (Å²) in [5, 5.41) is 3.30. The molecule has 2 aliphatic rings. The van der Waals surface area contributed by atoms with Crippen molar-refractivity contribution in [1.29, 1.82) is 0 Å². The minimum Gasteiger partial charge on any atom is -0.307 e. The first-order chi connectivity index (χ1) is 5.86. The normalized spacial score (nSPS) is 30.2.